The van der Waals surface area contributed by atoms with Crippen molar-refractivity contribution >= 4 is 16.7 Å². The van der Waals surface area contributed by atoms with E-state index in [4.69, 9.17) is 13.9 Å². The number of hydrogen-bond donors (Lipinski definition) is 0. The average Bonchev–Trinajstić information content (AvgIpc) is 3.38. The Hall–Kier alpha value is -2.63. The van der Waals surface area contributed by atoms with Crippen molar-refractivity contribution in [1.82, 2.24) is 4.90 Å². The molecule has 26 heavy (non-hydrogen) atoms. The van der Waals surface area contributed by atoms with Gasteiger partial charge in [0.1, 0.15) is 0 Å². The molecule has 0 radical (unpaired) electrons. The van der Waals surface area contributed by atoms with E-state index in [1.54, 1.807) is 17.4 Å². The number of nitrogens with zero attached hydrogens (tertiary/aromatic N) is 1. The van der Waals surface area contributed by atoms with Gasteiger partial charge in [-0.05, 0) is 28.5 Å². The van der Waals surface area contributed by atoms with E-state index >= 15 is 0 Å². The summed E-state index contributed by atoms with van der Waals surface area (Å²) in [5.41, 5.74) is 2.76. The molecule has 1 aromatic heterocycles. The first-order valence-electron chi connectivity index (χ1n) is 8.77. The largest absolute Gasteiger partial charge is 0.472 e. The maximum Gasteiger partial charge on any atom is 0.254 e. The van der Waals surface area contributed by atoms with Gasteiger partial charge in [0, 0.05) is 31.1 Å². The first kappa shape index (κ1) is 16.8. The smallest absolute Gasteiger partial charge is 0.254 e. The molecule has 2 aromatic carbocycles. The predicted molar refractivity (Wildman–Crippen MR) is 98.9 cm³/mol. The van der Waals surface area contributed by atoms with Crippen LogP contribution >= 0.6 is 0 Å². The fraction of sp³-hybridized carbons (Fsp3) is 0.286. The summed E-state index contributed by atoms with van der Waals surface area (Å²) >= 11 is 0. The van der Waals surface area contributed by atoms with Gasteiger partial charge >= 0.3 is 0 Å². The second kappa shape index (κ2) is 7.32. The van der Waals surface area contributed by atoms with Gasteiger partial charge in [-0.2, -0.15) is 0 Å². The Balaban J connectivity index is 1.61. The zero-order chi connectivity index (χ0) is 17.9. The molecule has 0 bridgehead atoms. The van der Waals surface area contributed by atoms with Crippen molar-refractivity contribution in [3.8, 4) is 11.1 Å². The highest BCUT2D eigenvalue weighted by molar-refractivity contribution is 6.10. The summed E-state index contributed by atoms with van der Waals surface area (Å²) in [6.45, 7) is 1.84. The molecule has 0 unspecified atom stereocenters. The third-order valence-electron chi connectivity index (χ3n) is 4.72. The summed E-state index contributed by atoms with van der Waals surface area (Å²) in [5.74, 6) is -0.00191. The molecule has 0 aliphatic carbocycles. The molecule has 1 amide bonds. The van der Waals surface area contributed by atoms with Crippen LogP contribution in [0, 0.1) is 0 Å². The average molecular weight is 351 g/mol. The van der Waals surface area contributed by atoms with E-state index in [1.165, 1.54) is 0 Å². The second-order valence-corrected chi connectivity index (χ2v) is 6.40. The fourth-order valence-electron chi connectivity index (χ4n) is 3.34. The van der Waals surface area contributed by atoms with Crippen molar-refractivity contribution in [3.05, 3.63) is 60.6 Å². The van der Waals surface area contributed by atoms with Crippen molar-refractivity contribution in [2.24, 2.45) is 0 Å². The highest BCUT2D eigenvalue weighted by Gasteiger charge is 2.20. The number of amides is 1. The third-order valence-corrected chi connectivity index (χ3v) is 4.72. The Morgan fingerprint density at radius 3 is 2.58 bits per heavy atom. The molecule has 0 atom stereocenters. The molecular formula is C21H21NO4. The number of carbonyl (C=O) groups excluding carboxylic acids is 1. The van der Waals surface area contributed by atoms with E-state index in [0.717, 1.165) is 21.9 Å². The van der Waals surface area contributed by atoms with Crippen molar-refractivity contribution in [1.29, 1.82) is 0 Å². The van der Waals surface area contributed by atoms with Crippen molar-refractivity contribution in [2.45, 2.75) is 12.7 Å². The zero-order valence-electron chi connectivity index (χ0n) is 14.7. The topological polar surface area (TPSA) is 51.9 Å². The Morgan fingerprint density at radius 2 is 1.85 bits per heavy atom. The SMILES string of the molecule is CN(CCC1OCCO1)C(=O)c1ccc(-c2ccoc2)c2ccccc12. The molecule has 1 aliphatic heterocycles. The quantitative estimate of drug-likeness (QED) is 0.699. The van der Waals surface area contributed by atoms with Crippen LogP contribution in [0.15, 0.2) is 59.4 Å². The van der Waals surface area contributed by atoms with Crippen LogP contribution in [0.25, 0.3) is 21.9 Å². The number of rotatable bonds is 5. The van der Waals surface area contributed by atoms with Gasteiger partial charge < -0.3 is 18.8 Å². The summed E-state index contributed by atoms with van der Waals surface area (Å²) in [6.07, 6.45) is 3.85. The van der Waals surface area contributed by atoms with E-state index < -0.39 is 0 Å². The van der Waals surface area contributed by atoms with Gasteiger partial charge in [0.25, 0.3) is 5.91 Å². The van der Waals surface area contributed by atoms with Crippen molar-refractivity contribution < 1.29 is 18.7 Å². The first-order valence-corrected chi connectivity index (χ1v) is 8.77. The molecule has 5 heteroatoms. The maximum absolute atomic E-state index is 13.0. The maximum atomic E-state index is 13.0. The van der Waals surface area contributed by atoms with Gasteiger partial charge in [0.15, 0.2) is 6.29 Å². The Morgan fingerprint density at radius 1 is 1.08 bits per heavy atom. The number of ether oxygens (including phenoxy) is 2. The molecule has 134 valence electrons. The number of fused-ring (bicyclic) bond motifs is 1. The summed E-state index contributed by atoms with van der Waals surface area (Å²) in [7, 11) is 1.82. The molecule has 0 N–H and O–H groups in total. The van der Waals surface area contributed by atoms with Gasteiger partial charge in [0.2, 0.25) is 0 Å². The molecule has 4 rings (SSSR count). The summed E-state index contributed by atoms with van der Waals surface area (Å²) in [4.78, 5) is 14.7. The van der Waals surface area contributed by atoms with E-state index in [-0.39, 0.29) is 12.2 Å². The molecule has 0 saturated carbocycles. The lowest BCUT2D eigenvalue weighted by Gasteiger charge is -2.20. The van der Waals surface area contributed by atoms with Crippen LogP contribution in [0.5, 0.6) is 0 Å². The minimum absolute atomic E-state index is 0.00191. The number of benzene rings is 2. The fourth-order valence-corrected chi connectivity index (χ4v) is 3.34. The second-order valence-electron chi connectivity index (χ2n) is 6.40. The summed E-state index contributed by atoms with van der Waals surface area (Å²) < 4.78 is 16.1. The van der Waals surface area contributed by atoms with Crippen molar-refractivity contribution in [2.75, 3.05) is 26.8 Å². The number of carbonyl (C=O) groups is 1. The molecular weight excluding hydrogens is 330 g/mol. The van der Waals surface area contributed by atoms with E-state index in [0.29, 0.717) is 31.7 Å². The van der Waals surface area contributed by atoms with E-state index in [9.17, 15) is 4.79 Å². The van der Waals surface area contributed by atoms with Gasteiger partial charge in [-0.1, -0.05) is 30.3 Å². The van der Waals surface area contributed by atoms with Crippen LogP contribution in [0.3, 0.4) is 0 Å². The van der Waals surface area contributed by atoms with Crippen molar-refractivity contribution in [3.63, 3.8) is 0 Å². The lowest BCUT2D eigenvalue weighted by molar-refractivity contribution is -0.0494. The number of hydrogen-bond acceptors (Lipinski definition) is 4. The molecule has 2 heterocycles. The van der Waals surface area contributed by atoms with Gasteiger partial charge in [-0.15, -0.1) is 0 Å². The monoisotopic (exact) mass is 351 g/mol. The van der Waals surface area contributed by atoms with E-state index in [1.807, 2.05) is 49.5 Å². The molecule has 1 aliphatic rings. The molecule has 1 saturated heterocycles. The molecule has 1 fully saturated rings. The first-order chi connectivity index (χ1) is 12.7. The Labute approximate surface area is 152 Å². The van der Waals surface area contributed by atoms with Crippen LogP contribution < -0.4 is 0 Å². The van der Waals surface area contributed by atoms with E-state index in [2.05, 4.69) is 0 Å². The number of furan rings is 1. The van der Waals surface area contributed by atoms with Crippen LogP contribution in [0.1, 0.15) is 16.8 Å². The molecule has 0 spiro atoms. The zero-order valence-corrected chi connectivity index (χ0v) is 14.7. The minimum atomic E-state index is -0.203. The van der Waals surface area contributed by atoms with Crippen LogP contribution in [0.2, 0.25) is 0 Å². The summed E-state index contributed by atoms with van der Waals surface area (Å²) in [6, 6.07) is 13.8. The molecule has 5 nitrogen and oxygen atoms in total. The lowest BCUT2D eigenvalue weighted by Crippen LogP contribution is -2.30. The highest BCUT2D eigenvalue weighted by Crippen LogP contribution is 2.31. The predicted octanol–water partition coefficient (Wildman–Crippen LogP) is 3.93. The Bertz CT molecular complexity index is 898. The molecule has 3 aromatic rings. The van der Waals surface area contributed by atoms with Crippen LogP contribution in [0.4, 0.5) is 0 Å². The normalized spacial score (nSPS) is 14.8. The van der Waals surface area contributed by atoms with Gasteiger partial charge in [-0.3, -0.25) is 4.79 Å². The van der Waals surface area contributed by atoms with Crippen LogP contribution in [-0.2, 0) is 9.47 Å². The third kappa shape index (κ3) is 3.23. The van der Waals surface area contributed by atoms with Gasteiger partial charge in [-0.25, -0.2) is 0 Å². The summed E-state index contributed by atoms with van der Waals surface area (Å²) in [5, 5.41) is 1.98. The Kier molecular flexibility index (Phi) is 4.73. The standard InChI is InChI=1S/C21H21NO4/c1-22(10-8-20-25-12-13-26-20)21(23)19-7-6-16(15-9-11-24-14-15)17-4-2-3-5-18(17)19/h2-7,9,11,14,20H,8,10,12-13H2,1H3. The highest BCUT2D eigenvalue weighted by atomic mass is 16.7. The van der Waals surface area contributed by atoms with Gasteiger partial charge in [0.05, 0.1) is 25.7 Å². The lowest BCUT2D eigenvalue weighted by atomic mass is 9.96. The van der Waals surface area contributed by atoms with Crippen LogP contribution in [-0.4, -0.2) is 43.9 Å². The minimum Gasteiger partial charge on any atom is -0.472 e.